The molecular weight excluding hydrogens is 416 g/mol. The van der Waals surface area contributed by atoms with Crippen molar-refractivity contribution in [2.45, 2.75) is 50.3 Å². The Bertz CT molecular complexity index is 1120. The van der Waals surface area contributed by atoms with E-state index < -0.39 is 27.4 Å². The lowest BCUT2D eigenvalue weighted by atomic mass is 10.0. The maximum atomic E-state index is 13.3. The minimum Gasteiger partial charge on any atom is -0.444 e. The number of sulfonamides is 1. The molecule has 0 aliphatic carbocycles. The summed E-state index contributed by atoms with van der Waals surface area (Å²) < 4.78 is 34.5. The van der Waals surface area contributed by atoms with Gasteiger partial charge in [-0.2, -0.15) is 9.98 Å². The largest absolute Gasteiger partial charge is 0.444 e. The van der Waals surface area contributed by atoms with E-state index in [1.54, 1.807) is 70.2 Å². The number of ether oxygens (including phenoxy) is 1. The summed E-state index contributed by atoms with van der Waals surface area (Å²) in [5.74, 6) is 0. The average molecular weight is 443 g/mol. The van der Waals surface area contributed by atoms with Gasteiger partial charge in [0.15, 0.2) is 6.19 Å². The Balaban J connectivity index is 1.94. The molecule has 1 aliphatic heterocycles. The molecule has 31 heavy (non-hydrogen) atoms. The number of carbonyl (C=O) groups is 1. The molecule has 3 rings (SSSR count). The number of hydrogen-bond donors (Lipinski definition) is 2. The van der Waals surface area contributed by atoms with Gasteiger partial charge in [-0.15, -0.1) is 0 Å². The zero-order valence-corrected chi connectivity index (χ0v) is 18.8. The first-order valence-corrected chi connectivity index (χ1v) is 11.3. The number of nitrogens with one attached hydrogen (secondary N) is 2. The van der Waals surface area contributed by atoms with Crippen LogP contribution in [-0.2, 0) is 26.8 Å². The molecule has 0 saturated carbocycles. The van der Waals surface area contributed by atoms with Crippen LogP contribution in [0.1, 0.15) is 38.8 Å². The van der Waals surface area contributed by atoms with Crippen LogP contribution in [0.15, 0.2) is 53.4 Å². The molecule has 0 fully saturated rings. The van der Waals surface area contributed by atoms with Gasteiger partial charge in [-0.3, -0.25) is 10.2 Å². The number of anilines is 1. The SMILES string of the molecule is CC(C)(C)OC(=O)N[C@@](C)(NS(=O)(=O)c1ccc2c(c1)CCN2C#N)c1ccccc1. The van der Waals surface area contributed by atoms with E-state index in [1.807, 2.05) is 0 Å². The number of hydrogen-bond acceptors (Lipinski definition) is 6. The van der Waals surface area contributed by atoms with E-state index in [0.717, 1.165) is 5.56 Å². The number of alkyl carbamates (subject to hydrolysis) is 1. The lowest BCUT2D eigenvalue weighted by Gasteiger charge is -2.33. The third kappa shape index (κ3) is 5.16. The number of nitrogens with zero attached hydrogens (tertiary/aromatic N) is 2. The van der Waals surface area contributed by atoms with E-state index in [-0.39, 0.29) is 4.90 Å². The van der Waals surface area contributed by atoms with E-state index in [0.29, 0.717) is 24.2 Å². The van der Waals surface area contributed by atoms with Crippen molar-refractivity contribution in [1.82, 2.24) is 10.0 Å². The Hall–Kier alpha value is -3.09. The molecule has 8 nitrogen and oxygen atoms in total. The quantitative estimate of drug-likeness (QED) is 0.543. The lowest BCUT2D eigenvalue weighted by molar-refractivity contribution is 0.0455. The molecule has 0 aromatic heterocycles. The Labute approximate surface area is 182 Å². The predicted octanol–water partition coefficient (Wildman–Crippen LogP) is 3.21. The average Bonchev–Trinajstić information content (AvgIpc) is 3.09. The summed E-state index contributed by atoms with van der Waals surface area (Å²) in [4.78, 5) is 14.1. The predicted molar refractivity (Wildman–Crippen MR) is 117 cm³/mol. The molecule has 0 unspecified atom stereocenters. The Morgan fingerprint density at radius 3 is 2.42 bits per heavy atom. The molecule has 1 atom stereocenters. The van der Waals surface area contributed by atoms with Crippen LogP contribution >= 0.6 is 0 Å². The summed E-state index contributed by atoms with van der Waals surface area (Å²) >= 11 is 0. The van der Waals surface area contributed by atoms with Crippen molar-refractivity contribution < 1.29 is 17.9 Å². The summed E-state index contributed by atoms with van der Waals surface area (Å²) in [6.45, 7) is 7.27. The van der Waals surface area contributed by atoms with Crippen LogP contribution in [-0.4, -0.2) is 26.7 Å². The number of amides is 1. The van der Waals surface area contributed by atoms with Crippen molar-refractivity contribution >= 4 is 21.8 Å². The van der Waals surface area contributed by atoms with E-state index in [4.69, 9.17) is 4.74 Å². The molecule has 0 spiro atoms. The smallest absolute Gasteiger partial charge is 0.409 e. The lowest BCUT2D eigenvalue weighted by Crippen LogP contribution is -2.56. The van der Waals surface area contributed by atoms with Crippen LogP contribution < -0.4 is 14.9 Å². The fourth-order valence-electron chi connectivity index (χ4n) is 3.41. The van der Waals surface area contributed by atoms with Crippen molar-refractivity contribution in [3.05, 3.63) is 59.7 Å². The van der Waals surface area contributed by atoms with Crippen LogP contribution in [0.3, 0.4) is 0 Å². The van der Waals surface area contributed by atoms with Crippen molar-refractivity contribution in [1.29, 1.82) is 5.26 Å². The fourth-order valence-corrected chi connectivity index (χ4v) is 4.78. The molecule has 0 bridgehead atoms. The molecule has 2 aromatic rings. The van der Waals surface area contributed by atoms with Crippen LogP contribution in [0.4, 0.5) is 10.5 Å². The third-order valence-electron chi connectivity index (χ3n) is 4.82. The van der Waals surface area contributed by atoms with Crippen molar-refractivity contribution in [2.75, 3.05) is 11.4 Å². The monoisotopic (exact) mass is 442 g/mol. The molecule has 1 amide bonds. The second-order valence-corrected chi connectivity index (χ2v) is 10.2. The zero-order valence-electron chi connectivity index (χ0n) is 18.0. The highest BCUT2D eigenvalue weighted by Gasteiger charge is 2.36. The van der Waals surface area contributed by atoms with Crippen molar-refractivity contribution in [2.24, 2.45) is 0 Å². The molecule has 1 aliphatic rings. The van der Waals surface area contributed by atoms with Gasteiger partial charge in [-0.1, -0.05) is 30.3 Å². The number of fused-ring (bicyclic) bond motifs is 1. The minimum absolute atomic E-state index is 0.0548. The topological polar surface area (TPSA) is 112 Å². The summed E-state index contributed by atoms with van der Waals surface area (Å²) in [6, 6.07) is 13.4. The Kier molecular flexibility index (Phi) is 5.98. The highest BCUT2D eigenvalue weighted by molar-refractivity contribution is 7.89. The van der Waals surface area contributed by atoms with Crippen LogP contribution in [0.25, 0.3) is 0 Å². The van der Waals surface area contributed by atoms with Crippen LogP contribution in [0, 0.1) is 11.5 Å². The maximum absolute atomic E-state index is 13.3. The number of nitriles is 1. The van der Waals surface area contributed by atoms with Gasteiger partial charge in [-0.05, 0) is 63.4 Å². The summed E-state index contributed by atoms with van der Waals surface area (Å²) in [7, 11) is -4.02. The van der Waals surface area contributed by atoms with E-state index in [1.165, 1.54) is 11.0 Å². The van der Waals surface area contributed by atoms with Gasteiger partial charge in [0.2, 0.25) is 10.0 Å². The molecule has 164 valence electrons. The summed E-state index contributed by atoms with van der Waals surface area (Å²) in [6.07, 6.45) is 1.92. The highest BCUT2D eigenvalue weighted by Crippen LogP contribution is 2.30. The first kappa shape index (κ1) is 22.6. The zero-order chi connectivity index (χ0) is 22.9. The van der Waals surface area contributed by atoms with Crippen molar-refractivity contribution in [3.8, 4) is 6.19 Å². The normalized spacial score (nSPS) is 15.5. The van der Waals surface area contributed by atoms with Gasteiger partial charge in [0.1, 0.15) is 11.3 Å². The first-order chi connectivity index (χ1) is 14.4. The van der Waals surface area contributed by atoms with Gasteiger partial charge in [0.05, 0.1) is 10.6 Å². The Morgan fingerprint density at radius 2 is 1.81 bits per heavy atom. The highest BCUT2D eigenvalue weighted by atomic mass is 32.2. The van der Waals surface area contributed by atoms with Gasteiger partial charge in [0, 0.05) is 6.54 Å². The van der Waals surface area contributed by atoms with Gasteiger partial charge in [0.25, 0.3) is 0 Å². The molecule has 0 saturated heterocycles. The fraction of sp³-hybridized carbons (Fsp3) is 0.364. The number of carbonyl (C=O) groups excluding carboxylic acids is 1. The first-order valence-electron chi connectivity index (χ1n) is 9.84. The minimum atomic E-state index is -4.02. The third-order valence-corrected chi connectivity index (χ3v) is 6.37. The van der Waals surface area contributed by atoms with Gasteiger partial charge < -0.3 is 4.74 Å². The van der Waals surface area contributed by atoms with E-state index >= 15 is 0 Å². The van der Waals surface area contributed by atoms with E-state index in [2.05, 4.69) is 16.2 Å². The Morgan fingerprint density at radius 1 is 1.13 bits per heavy atom. The summed E-state index contributed by atoms with van der Waals surface area (Å²) in [5, 5.41) is 11.8. The maximum Gasteiger partial charge on any atom is 0.409 e. The second-order valence-electron chi connectivity index (χ2n) is 8.52. The molecule has 2 N–H and O–H groups in total. The molecule has 9 heteroatoms. The molecular formula is C22H26N4O4S. The van der Waals surface area contributed by atoms with Crippen LogP contribution in [0.5, 0.6) is 0 Å². The molecule has 0 radical (unpaired) electrons. The van der Waals surface area contributed by atoms with E-state index in [9.17, 15) is 18.5 Å². The van der Waals surface area contributed by atoms with Crippen LogP contribution in [0.2, 0.25) is 0 Å². The number of benzene rings is 2. The molecule has 1 heterocycles. The van der Waals surface area contributed by atoms with Gasteiger partial charge >= 0.3 is 6.09 Å². The summed E-state index contributed by atoms with van der Waals surface area (Å²) in [5.41, 5.74) is -0.167. The molecule has 2 aromatic carbocycles. The van der Waals surface area contributed by atoms with Crippen molar-refractivity contribution in [3.63, 3.8) is 0 Å². The van der Waals surface area contributed by atoms with Gasteiger partial charge in [-0.25, -0.2) is 13.2 Å². The number of rotatable bonds is 5. The second kappa shape index (κ2) is 8.21. The standard InChI is InChI=1S/C22H26N4O4S/c1-21(2,3)30-20(27)24-22(4,17-8-6-5-7-9-17)25-31(28,29)18-10-11-19-16(14-18)12-13-26(19)15-23/h5-11,14,25H,12-13H2,1-4H3,(H,24,27)/t22-/m0/s1.